The molecule has 2 aromatic heterocycles. The summed E-state index contributed by atoms with van der Waals surface area (Å²) in [5, 5.41) is 3.43. The molecule has 0 aliphatic heterocycles. The van der Waals surface area contributed by atoms with Crippen LogP contribution in [0, 0.1) is 5.82 Å². The van der Waals surface area contributed by atoms with E-state index >= 15 is 0 Å². The van der Waals surface area contributed by atoms with E-state index in [9.17, 15) is 4.39 Å². The van der Waals surface area contributed by atoms with Gasteiger partial charge in [-0.1, -0.05) is 0 Å². The standard InChI is InChI=1S/C13H15FN4/c14-10-5-9(6-15-7-10)12-8-17-13(18-12)3-4-16-11-1-2-11/h5-8,11,16H,1-4H2,(H,17,18). The van der Waals surface area contributed by atoms with Gasteiger partial charge in [0.05, 0.1) is 18.1 Å². The minimum Gasteiger partial charge on any atom is -0.342 e. The third-order valence-corrected chi connectivity index (χ3v) is 3.02. The molecule has 1 fully saturated rings. The zero-order chi connectivity index (χ0) is 12.4. The Kier molecular flexibility index (Phi) is 3.06. The highest BCUT2D eigenvalue weighted by Crippen LogP contribution is 2.19. The second-order valence-electron chi connectivity index (χ2n) is 4.61. The molecule has 0 unspecified atom stereocenters. The highest BCUT2D eigenvalue weighted by molar-refractivity contribution is 5.56. The first-order valence-corrected chi connectivity index (χ1v) is 6.19. The average Bonchev–Trinajstić information content (AvgIpc) is 3.06. The highest BCUT2D eigenvalue weighted by Gasteiger charge is 2.19. The molecule has 2 heterocycles. The highest BCUT2D eigenvalue weighted by atomic mass is 19.1. The van der Waals surface area contributed by atoms with Crippen molar-refractivity contribution in [1.82, 2.24) is 20.3 Å². The lowest BCUT2D eigenvalue weighted by Gasteiger charge is -2.00. The summed E-state index contributed by atoms with van der Waals surface area (Å²) in [6.45, 7) is 0.930. The van der Waals surface area contributed by atoms with Gasteiger partial charge in [-0.3, -0.25) is 4.98 Å². The second-order valence-corrected chi connectivity index (χ2v) is 4.61. The summed E-state index contributed by atoms with van der Waals surface area (Å²) in [5.74, 6) is 0.585. The zero-order valence-corrected chi connectivity index (χ0v) is 9.99. The van der Waals surface area contributed by atoms with Gasteiger partial charge in [-0.25, -0.2) is 9.37 Å². The van der Waals surface area contributed by atoms with E-state index in [1.54, 1.807) is 12.4 Å². The maximum absolute atomic E-state index is 13.1. The first-order chi connectivity index (χ1) is 8.81. The molecule has 2 N–H and O–H groups in total. The number of nitrogens with one attached hydrogen (secondary N) is 2. The maximum Gasteiger partial charge on any atom is 0.142 e. The van der Waals surface area contributed by atoms with Gasteiger partial charge in [0.15, 0.2) is 0 Å². The van der Waals surface area contributed by atoms with E-state index in [4.69, 9.17) is 0 Å². The molecule has 3 rings (SSSR count). The average molecular weight is 246 g/mol. The number of halogens is 1. The van der Waals surface area contributed by atoms with E-state index in [1.165, 1.54) is 25.1 Å². The van der Waals surface area contributed by atoms with E-state index in [-0.39, 0.29) is 5.82 Å². The van der Waals surface area contributed by atoms with Crippen molar-refractivity contribution in [2.75, 3.05) is 6.54 Å². The summed E-state index contributed by atoms with van der Waals surface area (Å²) in [5.41, 5.74) is 1.53. The first-order valence-electron chi connectivity index (χ1n) is 6.19. The number of aromatic nitrogens is 3. The fourth-order valence-corrected chi connectivity index (χ4v) is 1.88. The summed E-state index contributed by atoms with van der Waals surface area (Å²) >= 11 is 0. The molecule has 0 spiro atoms. The number of imidazole rings is 1. The molecule has 0 radical (unpaired) electrons. The van der Waals surface area contributed by atoms with Crippen molar-refractivity contribution < 1.29 is 4.39 Å². The van der Waals surface area contributed by atoms with Crippen LogP contribution in [0.1, 0.15) is 18.7 Å². The van der Waals surface area contributed by atoms with E-state index in [0.29, 0.717) is 6.04 Å². The minimum atomic E-state index is -0.334. The molecule has 1 saturated carbocycles. The van der Waals surface area contributed by atoms with Crippen molar-refractivity contribution in [1.29, 1.82) is 0 Å². The number of rotatable bonds is 5. The minimum absolute atomic E-state index is 0.334. The predicted octanol–water partition coefficient (Wildman–Crippen LogP) is 1.91. The topological polar surface area (TPSA) is 53.6 Å². The van der Waals surface area contributed by atoms with Crippen molar-refractivity contribution in [2.24, 2.45) is 0 Å². The fraction of sp³-hybridized carbons (Fsp3) is 0.385. The molecule has 0 amide bonds. The second kappa shape index (κ2) is 4.86. The monoisotopic (exact) mass is 246 g/mol. The molecule has 1 aliphatic rings. The Morgan fingerprint density at radius 3 is 3.00 bits per heavy atom. The molecule has 1 aliphatic carbocycles. The Balaban J connectivity index is 1.64. The molecule has 94 valence electrons. The number of hydrogen-bond acceptors (Lipinski definition) is 3. The first kappa shape index (κ1) is 11.3. The Morgan fingerprint density at radius 1 is 1.33 bits per heavy atom. The van der Waals surface area contributed by atoms with Crippen LogP contribution < -0.4 is 5.32 Å². The third kappa shape index (κ3) is 2.73. The molecule has 4 nitrogen and oxygen atoms in total. The zero-order valence-electron chi connectivity index (χ0n) is 9.99. The van der Waals surface area contributed by atoms with Gasteiger partial charge in [0.1, 0.15) is 11.6 Å². The van der Waals surface area contributed by atoms with Gasteiger partial charge in [-0.15, -0.1) is 0 Å². The van der Waals surface area contributed by atoms with Crippen LogP contribution in [-0.2, 0) is 6.42 Å². The Hall–Kier alpha value is -1.75. The molecular weight excluding hydrogens is 231 g/mol. The lowest BCUT2D eigenvalue weighted by Crippen LogP contribution is -2.19. The van der Waals surface area contributed by atoms with Crippen molar-refractivity contribution in [3.05, 3.63) is 36.3 Å². The Labute approximate surface area is 105 Å². The van der Waals surface area contributed by atoms with E-state index in [1.807, 2.05) is 0 Å². The van der Waals surface area contributed by atoms with Crippen LogP contribution >= 0.6 is 0 Å². The van der Waals surface area contributed by atoms with Gasteiger partial charge < -0.3 is 10.3 Å². The van der Waals surface area contributed by atoms with Gasteiger partial charge in [-0.05, 0) is 18.9 Å². The van der Waals surface area contributed by atoms with Gasteiger partial charge in [0.25, 0.3) is 0 Å². The van der Waals surface area contributed by atoms with Crippen LogP contribution in [-0.4, -0.2) is 27.5 Å². The smallest absolute Gasteiger partial charge is 0.142 e. The lowest BCUT2D eigenvalue weighted by molar-refractivity contribution is 0.622. The molecule has 5 heteroatoms. The van der Waals surface area contributed by atoms with Crippen molar-refractivity contribution >= 4 is 0 Å². The quantitative estimate of drug-likeness (QED) is 0.847. The summed E-state index contributed by atoms with van der Waals surface area (Å²) in [7, 11) is 0. The van der Waals surface area contributed by atoms with Crippen LogP contribution in [0.2, 0.25) is 0 Å². The van der Waals surface area contributed by atoms with Crippen LogP contribution in [0.3, 0.4) is 0 Å². The van der Waals surface area contributed by atoms with E-state index in [2.05, 4.69) is 20.3 Å². The van der Waals surface area contributed by atoms with Gasteiger partial charge in [0, 0.05) is 30.8 Å². The summed E-state index contributed by atoms with van der Waals surface area (Å²) < 4.78 is 13.1. The molecule has 0 atom stereocenters. The Morgan fingerprint density at radius 2 is 2.22 bits per heavy atom. The summed E-state index contributed by atoms with van der Waals surface area (Å²) in [6.07, 6.45) is 7.99. The van der Waals surface area contributed by atoms with Gasteiger partial charge in [0.2, 0.25) is 0 Å². The van der Waals surface area contributed by atoms with Crippen LogP contribution in [0.5, 0.6) is 0 Å². The van der Waals surface area contributed by atoms with Crippen molar-refractivity contribution in [3.63, 3.8) is 0 Å². The van der Waals surface area contributed by atoms with E-state index in [0.717, 1.165) is 30.0 Å². The van der Waals surface area contributed by atoms with Crippen LogP contribution in [0.25, 0.3) is 11.3 Å². The normalized spacial score (nSPS) is 14.9. The third-order valence-electron chi connectivity index (χ3n) is 3.02. The number of pyridine rings is 1. The largest absolute Gasteiger partial charge is 0.342 e. The number of aromatic amines is 1. The predicted molar refractivity (Wildman–Crippen MR) is 66.5 cm³/mol. The molecule has 0 saturated heterocycles. The van der Waals surface area contributed by atoms with Crippen molar-refractivity contribution in [2.45, 2.75) is 25.3 Å². The SMILES string of the molecule is Fc1cncc(-c2cnc(CCNC3CC3)[nH]2)c1. The van der Waals surface area contributed by atoms with Crippen LogP contribution in [0.4, 0.5) is 4.39 Å². The lowest BCUT2D eigenvalue weighted by atomic mass is 10.2. The fourth-order valence-electron chi connectivity index (χ4n) is 1.88. The Bertz CT molecular complexity index is 533. The van der Waals surface area contributed by atoms with Gasteiger partial charge in [-0.2, -0.15) is 0 Å². The summed E-state index contributed by atoms with van der Waals surface area (Å²) in [6, 6.07) is 2.17. The van der Waals surface area contributed by atoms with Crippen molar-refractivity contribution in [3.8, 4) is 11.3 Å². The van der Waals surface area contributed by atoms with E-state index < -0.39 is 0 Å². The molecule has 0 aromatic carbocycles. The maximum atomic E-state index is 13.1. The van der Waals surface area contributed by atoms with Gasteiger partial charge >= 0.3 is 0 Å². The number of nitrogens with zero attached hydrogens (tertiary/aromatic N) is 2. The number of H-pyrrole nitrogens is 1. The molecule has 18 heavy (non-hydrogen) atoms. The molecular formula is C13H15FN4. The molecule has 2 aromatic rings. The van der Waals surface area contributed by atoms with Crippen LogP contribution in [0.15, 0.2) is 24.7 Å². The summed E-state index contributed by atoms with van der Waals surface area (Å²) in [4.78, 5) is 11.3. The number of hydrogen-bond donors (Lipinski definition) is 2. The molecule has 0 bridgehead atoms.